The average molecular weight is 178 g/mol. The smallest absolute Gasteiger partial charge is 0.0364 e. The molecular formula is C11H18N2. The summed E-state index contributed by atoms with van der Waals surface area (Å²) in [5.74, 6) is 0. The molecule has 0 aliphatic carbocycles. The summed E-state index contributed by atoms with van der Waals surface area (Å²) in [5.41, 5.74) is 8.23. The standard InChI is InChI=1S/C11H18N2/c1-9-4-6-11(7-5-9)13(3)8-10(2)12/h4-7,10H,8,12H2,1-3H3/t10-/m1/s1. The third-order valence-corrected chi connectivity index (χ3v) is 2.04. The third kappa shape index (κ3) is 3.07. The minimum Gasteiger partial charge on any atom is -0.373 e. The van der Waals surface area contributed by atoms with Gasteiger partial charge < -0.3 is 10.6 Å². The first-order valence-electron chi connectivity index (χ1n) is 4.63. The molecule has 1 rings (SSSR count). The lowest BCUT2D eigenvalue weighted by Gasteiger charge is -2.21. The first kappa shape index (κ1) is 10.1. The van der Waals surface area contributed by atoms with Gasteiger partial charge in [-0.15, -0.1) is 0 Å². The SMILES string of the molecule is Cc1ccc(N(C)C[C@@H](C)N)cc1. The van der Waals surface area contributed by atoms with Gasteiger partial charge in [-0.1, -0.05) is 17.7 Å². The summed E-state index contributed by atoms with van der Waals surface area (Å²) in [5, 5.41) is 0. The van der Waals surface area contributed by atoms with Crippen LogP contribution in [0.2, 0.25) is 0 Å². The van der Waals surface area contributed by atoms with Crippen molar-refractivity contribution >= 4 is 5.69 Å². The van der Waals surface area contributed by atoms with Crippen molar-refractivity contribution in [1.82, 2.24) is 0 Å². The lowest BCUT2D eigenvalue weighted by molar-refractivity contribution is 0.717. The molecule has 0 aromatic heterocycles. The summed E-state index contributed by atoms with van der Waals surface area (Å²) in [6.07, 6.45) is 0. The van der Waals surface area contributed by atoms with Crippen LogP contribution in [-0.4, -0.2) is 19.6 Å². The van der Waals surface area contributed by atoms with Crippen LogP contribution in [0.3, 0.4) is 0 Å². The molecule has 0 amide bonds. The minimum absolute atomic E-state index is 0.214. The quantitative estimate of drug-likeness (QED) is 0.764. The highest BCUT2D eigenvalue weighted by Crippen LogP contribution is 2.12. The van der Waals surface area contributed by atoms with Gasteiger partial charge in [0.05, 0.1) is 0 Å². The second kappa shape index (κ2) is 4.28. The zero-order valence-corrected chi connectivity index (χ0v) is 8.62. The Balaban J connectivity index is 2.66. The average Bonchev–Trinajstić information content (AvgIpc) is 2.04. The second-order valence-corrected chi connectivity index (χ2v) is 3.69. The second-order valence-electron chi connectivity index (χ2n) is 3.69. The van der Waals surface area contributed by atoms with E-state index < -0.39 is 0 Å². The Morgan fingerprint density at radius 2 is 1.85 bits per heavy atom. The number of hydrogen-bond donors (Lipinski definition) is 1. The van der Waals surface area contributed by atoms with Crippen LogP contribution >= 0.6 is 0 Å². The maximum absolute atomic E-state index is 5.72. The Kier molecular flexibility index (Phi) is 3.32. The Bertz CT molecular complexity index is 251. The van der Waals surface area contributed by atoms with E-state index in [1.807, 2.05) is 6.92 Å². The number of anilines is 1. The van der Waals surface area contributed by atoms with Crippen LogP contribution in [0.25, 0.3) is 0 Å². The number of rotatable bonds is 3. The number of nitrogens with two attached hydrogens (primary N) is 1. The summed E-state index contributed by atoms with van der Waals surface area (Å²) < 4.78 is 0. The molecular weight excluding hydrogens is 160 g/mol. The predicted octanol–water partition coefficient (Wildman–Crippen LogP) is 1.78. The molecule has 0 aliphatic rings. The molecule has 0 spiro atoms. The zero-order chi connectivity index (χ0) is 9.84. The molecule has 2 nitrogen and oxygen atoms in total. The minimum atomic E-state index is 0.214. The van der Waals surface area contributed by atoms with Gasteiger partial charge in [-0.3, -0.25) is 0 Å². The molecule has 2 heteroatoms. The van der Waals surface area contributed by atoms with Gasteiger partial charge >= 0.3 is 0 Å². The molecule has 0 bridgehead atoms. The van der Waals surface area contributed by atoms with E-state index in [1.165, 1.54) is 11.3 Å². The molecule has 0 saturated heterocycles. The lowest BCUT2D eigenvalue weighted by atomic mass is 10.2. The number of likely N-dealkylation sites (N-methyl/N-ethyl adjacent to an activating group) is 1. The van der Waals surface area contributed by atoms with Crippen LogP contribution in [0.4, 0.5) is 5.69 Å². The van der Waals surface area contributed by atoms with Gasteiger partial charge in [0.15, 0.2) is 0 Å². The third-order valence-electron chi connectivity index (χ3n) is 2.04. The summed E-state index contributed by atoms with van der Waals surface area (Å²) in [4.78, 5) is 2.17. The summed E-state index contributed by atoms with van der Waals surface area (Å²) in [6.45, 7) is 5.00. The van der Waals surface area contributed by atoms with Crippen molar-refractivity contribution in [2.24, 2.45) is 5.73 Å². The van der Waals surface area contributed by atoms with Gasteiger partial charge in [-0.05, 0) is 26.0 Å². The molecule has 0 radical (unpaired) electrons. The molecule has 0 fully saturated rings. The van der Waals surface area contributed by atoms with Gasteiger partial charge in [0, 0.05) is 25.3 Å². The number of benzene rings is 1. The monoisotopic (exact) mass is 178 g/mol. The van der Waals surface area contributed by atoms with Crippen molar-refractivity contribution in [2.45, 2.75) is 19.9 Å². The molecule has 13 heavy (non-hydrogen) atoms. The van der Waals surface area contributed by atoms with Crippen molar-refractivity contribution in [2.75, 3.05) is 18.5 Å². The van der Waals surface area contributed by atoms with Crippen LogP contribution in [0, 0.1) is 6.92 Å². The van der Waals surface area contributed by atoms with E-state index >= 15 is 0 Å². The van der Waals surface area contributed by atoms with E-state index in [4.69, 9.17) is 5.73 Å². The fourth-order valence-corrected chi connectivity index (χ4v) is 1.34. The first-order valence-corrected chi connectivity index (χ1v) is 4.63. The van der Waals surface area contributed by atoms with E-state index in [2.05, 4.69) is 43.1 Å². The maximum atomic E-state index is 5.72. The molecule has 1 aromatic carbocycles. The van der Waals surface area contributed by atoms with Gasteiger partial charge in [-0.2, -0.15) is 0 Å². The summed E-state index contributed by atoms with van der Waals surface area (Å²) >= 11 is 0. The van der Waals surface area contributed by atoms with Crippen molar-refractivity contribution < 1.29 is 0 Å². The Morgan fingerprint density at radius 1 is 1.31 bits per heavy atom. The fourth-order valence-electron chi connectivity index (χ4n) is 1.34. The first-order chi connectivity index (χ1) is 6.09. The highest BCUT2D eigenvalue weighted by atomic mass is 15.1. The molecule has 0 aliphatic heterocycles. The van der Waals surface area contributed by atoms with Crippen molar-refractivity contribution in [1.29, 1.82) is 0 Å². The van der Waals surface area contributed by atoms with Crippen LogP contribution < -0.4 is 10.6 Å². The summed E-state index contributed by atoms with van der Waals surface area (Å²) in [7, 11) is 2.06. The van der Waals surface area contributed by atoms with Gasteiger partial charge in [0.25, 0.3) is 0 Å². The maximum Gasteiger partial charge on any atom is 0.0364 e. The van der Waals surface area contributed by atoms with Crippen LogP contribution in [0.1, 0.15) is 12.5 Å². The van der Waals surface area contributed by atoms with Crippen LogP contribution in [0.5, 0.6) is 0 Å². The molecule has 0 saturated carbocycles. The van der Waals surface area contributed by atoms with E-state index in [-0.39, 0.29) is 6.04 Å². The topological polar surface area (TPSA) is 29.3 Å². The molecule has 1 atom stereocenters. The van der Waals surface area contributed by atoms with E-state index in [0.29, 0.717) is 0 Å². The Labute approximate surface area is 80.4 Å². The molecule has 2 N–H and O–H groups in total. The predicted molar refractivity (Wildman–Crippen MR) is 58.1 cm³/mol. The lowest BCUT2D eigenvalue weighted by Crippen LogP contribution is -2.32. The molecule has 1 aromatic rings. The van der Waals surface area contributed by atoms with Crippen molar-refractivity contribution in [3.63, 3.8) is 0 Å². The summed E-state index contributed by atoms with van der Waals surface area (Å²) in [6, 6.07) is 8.70. The fraction of sp³-hybridized carbons (Fsp3) is 0.455. The highest BCUT2D eigenvalue weighted by molar-refractivity contribution is 5.46. The highest BCUT2D eigenvalue weighted by Gasteiger charge is 2.02. The number of aryl methyl sites for hydroxylation is 1. The Morgan fingerprint density at radius 3 is 2.31 bits per heavy atom. The van der Waals surface area contributed by atoms with Crippen LogP contribution in [-0.2, 0) is 0 Å². The normalized spacial score (nSPS) is 12.6. The number of hydrogen-bond acceptors (Lipinski definition) is 2. The van der Waals surface area contributed by atoms with E-state index in [9.17, 15) is 0 Å². The largest absolute Gasteiger partial charge is 0.373 e. The number of nitrogens with zero attached hydrogens (tertiary/aromatic N) is 1. The molecule has 0 heterocycles. The van der Waals surface area contributed by atoms with Crippen LogP contribution in [0.15, 0.2) is 24.3 Å². The molecule has 72 valence electrons. The van der Waals surface area contributed by atoms with Gasteiger partial charge in [0.1, 0.15) is 0 Å². The van der Waals surface area contributed by atoms with E-state index in [1.54, 1.807) is 0 Å². The Hall–Kier alpha value is -1.02. The van der Waals surface area contributed by atoms with Gasteiger partial charge in [-0.25, -0.2) is 0 Å². The molecule has 0 unspecified atom stereocenters. The van der Waals surface area contributed by atoms with Gasteiger partial charge in [0.2, 0.25) is 0 Å². The van der Waals surface area contributed by atoms with Crippen molar-refractivity contribution in [3.05, 3.63) is 29.8 Å². The zero-order valence-electron chi connectivity index (χ0n) is 8.62. The van der Waals surface area contributed by atoms with E-state index in [0.717, 1.165) is 6.54 Å². The van der Waals surface area contributed by atoms with Crippen molar-refractivity contribution in [3.8, 4) is 0 Å².